The molecule has 2 aromatic carbocycles. The standard InChI is InChI=1S/C23H10F24N2/c24-14(25,16(28,29)18(32,33)22(42,43)44)9-1-7(3-11(48)5-9)13(20(36,37)38,21(39,40)41)8-2-10(6-12(49)4-8)15(26,27)17(30,31)19(34,35)23(45,46)47/h1-6H,48-49H2. The Morgan fingerprint density at radius 2 is 0.510 bits per heavy atom. The number of nitrogens with two attached hydrogens (primary N) is 2. The van der Waals surface area contributed by atoms with E-state index in [0.29, 0.717) is 0 Å². The van der Waals surface area contributed by atoms with Crippen LogP contribution in [0.15, 0.2) is 36.4 Å². The maximum atomic E-state index is 14.6. The van der Waals surface area contributed by atoms with Crippen molar-refractivity contribution in [1.82, 2.24) is 0 Å². The fourth-order valence-electron chi connectivity index (χ4n) is 4.19. The molecule has 0 radical (unpaired) electrons. The van der Waals surface area contributed by atoms with Gasteiger partial charge in [0.25, 0.3) is 0 Å². The average molecular weight is 770 g/mol. The molecule has 49 heavy (non-hydrogen) atoms. The molecule has 4 N–H and O–H groups in total. The fourth-order valence-corrected chi connectivity index (χ4v) is 4.19. The molecule has 26 heteroatoms. The summed E-state index contributed by atoms with van der Waals surface area (Å²) in [5.41, 5.74) is -13.4. The van der Waals surface area contributed by atoms with Crippen LogP contribution < -0.4 is 11.5 Å². The number of nitrogen functional groups attached to an aromatic ring is 2. The van der Waals surface area contributed by atoms with Crippen molar-refractivity contribution < 1.29 is 105 Å². The normalized spacial score (nSPS) is 15.5. The number of hydrogen-bond acceptors (Lipinski definition) is 2. The van der Waals surface area contributed by atoms with Crippen molar-refractivity contribution in [3.05, 3.63) is 58.7 Å². The first-order valence-corrected chi connectivity index (χ1v) is 11.6. The monoisotopic (exact) mass is 770 g/mol. The molecule has 0 heterocycles. The number of halogens is 24. The molecule has 0 aliphatic rings. The van der Waals surface area contributed by atoms with E-state index in [9.17, 15) is 105 Å². The van der Waals surface area contributed by atoms with Crippen LogP contribution in [0, 0.1) is 0 Å². The summed E-state index contributed by atoms with van der Waals surface area (Å²) in [4.78, 5) is 0. The highest BCUT2D eigenvalue weighted by Gasteiger charge is 2.83. The second kappa shape index (κ2) is 11.2. The van der Waals surface area contributed by atoms with Gasteiger partial charge in [-0.15, -0.1) is 0 Å². The maximum Gasteiger partial charge on any atom is 0.460 e. The lowest BCUT2D eigenvalue weighted by atomic mass is 9.71. The van der Waals surface area contributed by atoms with Gasteiger partial charge in [-0.05, 0) is 47.5 Å². The second-order valence-electron chi connectivity index (χ2n) is 9.87. The molecule has 0 amide bonds. The van der Waals surface area contributed by atoms with Gasteiger partial charge < -0.3 is 11.5 Å². The lowest BCUT2D eigenvalue weighted by molar-refractivity contribution is -0.399. The molecule has 280 valence electrons. The third kappa shape index (κ3) is 5.88. The Morgan fingerprint density at radius 3 is 0.714 bits per heavy atom. The van der Waals surface area contributed by atoms with Crippen LogP contribution in [0.25, 0.3) is 0 Å². The first kappa shape index (κ1) is 41.5. The Balaban J connectivity index is 3.18. The summed E-state index contributed by atoms with van der Waals surface area (Å²) < 4.78 is 330. The van der Waals surface area contributed by atoms with Gasteiger partial charge in [-0.25, -0.2) is 0 Å². The Kier molecular flexibility index (Phi) is 9.48. The minimum atomic E-state index is -7.79. The molecule has 2 nitrogen and oxygen atoms in total. The second-order valence-corrected chi connectivity index (χ2v) is 9.87. The van der Waals surface area contributed by atoms with Gasteiger partial charge in [0.15, 0.2) is 0 Å². The molecule has 0 fully saturated rings. The summed E-state index contributed by atoms with van der Waals surface area (Å²) in [6.07, 6.45) is -29.8. The van der Waals surface area contributed by atoms with Gasteiger partial charge in [-0.3, -0.25) is 0 Å². The molecule has 0 atom stereocenters. The molecule has 2 aromatic rings. The van der Waals surface area contributed by atoms with E-state index >= 15 is 0 Å². The topological polar surface area (TPSA) is 52.0 Å². The van der Waals surface area contributed by atoms with E-state index in [1.165, 1.54) is 0 Å². The lowest BCUT2D eigenvalue weighted by Crippen LogP contribution is -2.60. The van der Waals surface area contributed by atoms with Crippen LogP contribution in [0.5, 0.6) is 0 Å². The quantitative estimate of drug-likeness (QED) is 0.208. The van der Waals surface area contributed by atoms with E-state index in [1.807, 2.05) is 0 Å². The van der Waals surface area contributed by atoms with Gasteiger partial charge in [0.2, 0.25) is 5.41 Å². The highest BCUT2D eigenvalue weighted by molar-refractivity contribution is 5.58. The minimum absolute atomic E-state index is 0.770. The molecular weight excluding hydrogens is 760 g/mol. The van der Waals surface area contributed by atoms with Crippen LogP contribution in [-0.2, 0) is 17.3 Å². The number of hydrogen-bond donors (Lipinski definition) is 2. The third-order valence-electron chi connectivity index (χ3n) is 6.64. The predicted octanol–water partition coefficient (Wildman–Crippen LogP) is 10.1. The molecule has 0 aromatic heterocycles. The minimum Gasteiger partial charge on any atom is -0.399 e. The van der Waals surface area contributed by atoms with Crippen molar-refractivity contribution in [3.63, 3.8) is 0 Å². The van der Waals surface area contributed by atoms with Crippen molar-refractivity contribution in [2.24, 2.45) is 0 Å². The van der Waals surface area contributed by atoms with Gasteiger partial charge in [0.1, 0.15) is 0 Å². The maximum absolute atomic E-state index is 14.6. The van der Waals surface area contributed by atoms with Crippen molar-refractivity contribution in [3.8, 4) is 0 Å². The molecule has 0 spiro atoms. The summed E-state index contributed by atoms with van der Waals surface area (Å²) in [6.45, 7) is 0. The van der Waals surface area contributed by atoms with Crippen molar-refractivity contribution in [2.75, 3.05) is 11.5 Å². The first-order chi connectivity index (χ1) is 21.2. The van der Waals surface area contributed by atoms with Crippen molar-refractivity contribution >= 4 is 11.4 Å². The highest BCUT2D eigenvalue weighted by Crippen LogP contribution is 2.62. The zero-order valence-corrected chi connectivity index (χ0v) is 22.2. The van der Waals surface area contributed by atoms with E-state index in [4.69, 9.17) is 11.5 Å². The SMILES string of the molecule is Nc1cc(C(F)(F)C(F)(F)C(F)(F)C(F)(F)F)cc(C(c2cc(N)cc(C(F)(F)C(F)(F)C(F)(F)C(F)(F)F)c2)(C(F)(F)F)C(F)(F)F)c1. The van der Waals surface area contributed by atoms with E-state index in [2.05, 4.69) is 0 Å². The predicted molar refractivity (Wildman–Crippen MR) is 114 cm³/mol. The molecule has 0 unspecified atom stereocenters. The third-order valence-corrected chi connectivity index (χ3v) is 6.64. The number of anilines is 2. The van der Waals surface area contributed by atoms with Crippen molar-refractivity contribution in [1.29, 1.82) is 0 Å². The summed E-state index contributed by atoms with van der Waals surface area (Å²) >= 11 is 0. The Bertz CT molecular complexity index is 1430. The molecule has 0 bridgehead atoms. The number of alkyl halides is 24. The van der Waals surface area contributed by atoms with E-state index < -0.39 is 136 Å². The van der Waals surface area contributed by atoms with Gasteiger partial charge in [-0.2, -0.15) is 105 Å². The zero-order valence-electron chi connectivity index (χ0n) is 22.2. The number of benzene rings is 2. The summed E-state index contributed by atoms with van der Waals surface area (Å²) in [5, 5.41) is 0. The average Bonchev–Trinajstić information content (AvgIpc) is 2.84. The summed E-state index contributed by atoms with van der Waals surface area (Å²) in [5.74, 6) is -45.4. The van der Waals surface area contributed by atoms with Gasteiger partial charge >= 0.3 is 60.2 Å². The Hall–Kier alpha value is -3.64. The van der Waals surface area contributed by atoms with Gasteiger partial charge in [0, 0.05) is 22.5 Å². The molecule has 0 aliphatic heterocycles. The Labute approximate surface area is 253 Å². The van der Waals surface area contributed by atoms with Gasteiger partial charge in [-0.1, -0.05) is 0 Å². The van der Waals surface area contributed by atoms with E-state index in [1.54, 1.807) is 0 Å². The van der Waals surface area contributed by atoms with Crippen LogP contribution in [0.2, 0.25) is 0 Å². The first-order valence-electron chi connectivity index (χ1n) is 11.6. The van der Waals surface area contributed by atoms with E-state index in [-0.39, 0.29) is 0 Å². The summed E-state index contributed by atoms with van der Waals surface area (Å²) in [6, 6.07) is -6.14. The van der Waals surface area contributed by atoms with E-state index in [0.717, 1.165) is 0 Å². The van der Waals surface area contributed by atoms with Crippen LogP contribution >= 0.6 is 0 Å². The fraction of sp³-hybridized carbons (Fsp3) is 0.478. The molecule has 2 rings (SSSR count). The van der Waals surface area contributed by atoms with Gasteiger partial charge in [0.05, 0.1) is 0 Å². The zero-order chi connectivity index (χ0) is 39.2. The molecule has 0 saturated heterocycles. The van der Waals surface area contributed by atoms with Crippen LogP contribution in [0.4, 0.5) is 117 Å². The van der Waals surface area contributed by atoms with Crippen LogP contribution in [0.1, 0.15) is 22.3 Å². The van der Waals surface area contributed by atoms with Crippen LogP contribution in [-0.4, -0.2) is 48.4 Å². The Morgan fingerprint density at radius 1 is 0.286 bits per heavy atom. The molecular formula is C23H10F24N2. The smallest absolute Gasteiger partial charge is 0.399 e. The van der Waals surface area contributed by atoms with Crippen LogP contribution in [0.3, 0.4) is 0 Å². The lowest BCUT2D eigenvalue weighted by Gasteiger charge is -2.40. The summed E-state index contributed by atoms with van der Waals surface area (Å²) in [7, 11) is 0. The van der Waals surface area contributed by atoms with Crippen molar-refractivity contribution in [2.45, 2.75) is 65.7 Å². The largest absolute Gasteiger partial charge is 0.460 e. The highest BCUT2D eigenvalue weighted by atomic mass is 19.4. The number of rotatable bonds is 8. The molecule has 0 aliphatic carbocycles. The molecule has 0 saturated carbocycles.